The predicted octanol–water partition coefficient (Wildman–Crippen LogP) is 3.87. The summed E-state index contributed by atoms with van der Waals surface area (Å²) >= 11 is 0. The molecule has 0 aliphatic heterocycles. The summed E-state index contributed by atoms with van der Waals surface area (Å²) in [4.78, 5) is 22.6. The second-order valence-corrected chi connectivity index (χ2v) is 6.62. The summed E-state index contributed by atoms with van der Waals surface area (Å²) in [6.45, 7) is 1.77. The number of aryl methyl sites for hydroxylation is 1. The van der Waals surface area contributed by atoms with E-state index in [2.05, 4.69) is 10.5 Å². The molecule has 1 aromatic heterocycles. The van der Waals surface area contributed by atoms with E-state index >= 15 is 0 Å². The number of nitro groups is 1. The molecule has 0 spiro atoms. The van der Waals surface area contributed by atoms with Crippen molar-refractivity contribution in [2.24, 2.45) is 5.10 Å². The number of hydrogen-bond donors (Lipinski definition) is 1. The van der Waals surface area contributed by atoms with Gasteiger partial charge in [-0.2, -0.15) is 5.10 Å². The number of benzene rings is 2. The van der Waals surface area contributed by atoms with Crippen LogP contribution in [0, 0.1) is 17.0 Å². The van der Waals surface area contributed by atoms with Crippen molar-refractivity contribution in [1.82, 2.24) is 5.43 Å². The Labute approximate surface area is 178 Å². The molecule has 1 N–H and O–H groups in total. The monoisotopic (exact) mass is 423 g/mol. The van der Waals surface area contributed by atoms with E-state index in [1.165, 1.54) is 25.5 Å². The fraction of sp³-hybridized carbons (Fsp3) is 0.182. The third-order valence-corrected chi connectivity index (χ3v) is 4.51. The number of methoxy groups -OCH3 is 2. The lowest BCUT2D eigenvalue weighted by Crippen LogP contribution is -2.19. The number of carbonyl (C=O) groups is 1. The maximum absolute atomic E-state index is 12.1. The molecule has 0 bridgehead atoms. The zero-order valence-corrected chi connectivity index (χ0v) is 17.2. The molecule has 0 saturated carbocycles. The Morgan fingerprint density at radius 2 is 1.90 bits per heavy atom. The summed E-state index contributed by atoms with van der Waals surface area (Å²) in [5.74, 6) is 1.80. The molecule has 1 amide bonds. The third-order valence-electron chi connectivity index (χ3n) is 4.51. The highest BCUT2D eigenvalue weighted by atomic mass is 16.6. The van der Waals surface area contributed by atoms with Crippen molar-refractivity contribution < 1.29 is 23.6 Å². The molecule has 160 valence electrons. The second-order valence-electron chi connectivity index (χ2n) is 6.62. The molecule has 0 atom stereocenters. The average molecular weight is 423 g/mol. The van der Waals surface area contributed by atoms with E-state index in [0.717, 1.165) is 16.7 Å². The summed E-state index contributed by atoms with van der Waals surface area (Å²) < 4.78 is 16.1. The number of furan rings is 1. The Morgan fingerprint density at radius 1 is 1.13 bits per heavy atom. The van der Waals surface area contributed by atoms with Crippen LogP contribution in [-0.2, 0) is 11.2 Å². The van der Waals surface area contributed by atoms with Crippen LogP contribution in [0.3, 0.4) is 0 Å². The SMILES string of the molecule is COc1ccc(CC(=O)NN=Cc2ccc(-c3ccc([N+](=O)[O-])cc3C)o2)cc1OC. The van der Waals surface area contributed by atoms with Gasteiger partial charge in [0.15, 0.2) is 11.5 Å². The van der Waals surface area contributed by atoms with Crippen molar-refractivity contribution in [3.8, 4) is 22.8 Å². The molecular weight excluding hydrogens is 402 g/mol. The number of nitro benzene ring substituents is 1. The first kappa shape index (κ1) is 21.6. The standard InChI is InChI=1S/C22H21N3O6/c1-14-10-16(25(27)28)5-7-18(14)19-9-6-17(31-19)13-23-24-22(26)12-15-4-8-20(29-2)21(11-15)30-3/h4-11,13H,12H2,1-3H3,(H,24,26). The average Bonchev–Trinajstić information content (AvgIpc) is 3.22. The van der Waals surface area contributed by atoms with Crippen LogP contribution in [0.5, 0.6) is 11.5 Å². The molecule has 31 heavy (non-hydrogen) atoms. The highest BCUT2D eigenvalue weighted by molar-refractivity contribution is 5.82. The number of hydrazone groups is 1. The molecule has 9 nitrogen and oxygen atoms in total. The van der Waals surface area contributed by atoms with Gasteiger partial charge in [0, 0.05) is 17.7 Å². The van der Waals surface area contributed by atoms with E-state index in [0.29, 0.717) is 23.0 Å². The maximum Gasteiger partial charge on any atom is 0.269 e. The molecule has 0 aliphatic carbocycles. The summed E-state index contributed by atoms with van der Waals surface area (Å²) in [5.41, 5.74) is 4.68. The normalized spacial score (nSPS) is 10.8. The summed E-state index contributed by atoms with van der Waals surface area (Å²) in [7, 11) is 3.07. The number of nitrogens with zero attached hydrogens (tertiary/aromatic N) is 2. The van der Waals surface area contributed by atoms with Crippen molar-refractivity contribution >= 4 is 17.8 Å². The van der Waals surface area contributed by atoms with Crippen LogP contribution in [-0.4, -0.2) is 31.3 Å². The molecule has 0 unspecified atom stereocenters. The summed E-state index contributed by atoms with van der Waals surface area (Å²) in [5, 5.41) is 14.8. The van der Waals surface area contributed by atoms with E-state index in [-0.39, 0.29) is 18.0 Å². The number of carbonyl (C=O) groups excluding carboxylic acids is 1. The topological polar surface area (TPSA) is 116 Å². The Balaban J connectivity index is 1.61. The van der Waals surface area contributed by atoms with Crippen LogP contribution in [0.25, 0.3) is 11.3 Å². The van der Waals surface area contributed by atoms with Gasteiger partial charge in [-0.25, -0.2) is 5.43 Å². The first-order valence-electron chi connectivity index (χ1n) is 9.29. The quantitative estimate of drug-likeness (QED) is 0.334. The lowest BCUT2D eigenvalue weighted by Gasteiger charge is -2.09. The number of ether oxygens (including phenoxy) is 2. The van der Waals surface area contributed by atoms with Gasteiger partial charge in [0.2, 0.25) is 5.91 Å². The summed E-state index contributed by atoms with van der Waals surface area (Å²) in [6, 6.07) is 13.2. The third kappa shape index (κ3) is 5.27. The van der Waals surface area contributed by atoms with E-state index in [4.69, 9.17) is 13.9 Å². The van der Waals surface area contributed by atoms with Gasteiger partial charge in [0.05, 0.1) is 31.8 Å². The molecule has 9 heteroatoms. The van der Waals surface area contributed by atoms with Gasteiger partial charge in [0.25, 0.3) is 5.69 Å². The maximum atomic E-state index is 12.1. The lowest BCUT2D eigenvalue weighted by molar-refractivity contribution is -0.384. The van der Waals surface area contributed by atoms with Crippen molar-refractivity contribution in [2.75, 3.05) is 14.2 Å². The Hall–Kier alpha value is -4.14. The van der Waals surface area contributed by atoms with Crippen LogP contribution in [0.15, 0.2) is 58.0 Å². The minimum atomic E-state index is -0.443. The van der Waals surface area contributed by atoms with Crippen LogP contribution in [0.1, 0.15) is 16.9 Å². The first-order valence-corrected chi connectivity index (χ1v) is 9.29. The van der Waals surface area contributed by atoms with E-state index < -0.39 is 4.92 Å². The van der Waals surface area contributed by atoms with E-state index in [9.17, 15) is 14.9 Å². The zero-order chi connectivity index (χ0) is 22.4. The van der Waals surface area contributed by atoms with Crippen LogP contribution >= 0.6 is 0 Å². The second kappa shape index (κ2) is 9.57. The van der Waals surface area contributed by atoms with Gasteiger partial charge in [-0.3, -0.25) is 14.9 Å². The van der Waals surface area contributed by atoms with Crippen molar-refractivity contribution in [3.63, 3.8) is 0 Å². The van der Waals surface area contributed by atoms with Crippen LogP contribution < -0.4 is 14.9 Å². The number of nitrogens with one attached hydrogen (secondary N) is 1. The Bertz CT molecular complexity index is 1140. The van der Waals surface area contributed by atoms with Crippen molar-refractivity contribution in [2.45, 2.75) is 13.3 Å². The van der Waals surface area contributed by atoms with Gasteiger partial charge < -0.3 is 13.9 Å². The molecule has 1 heterocycles. The molecule has 3 rings (SSSR count). The molecule has 0 fully saturated rings. The zero-order valence-electron chi connectivity index (χ0n) is 17.2. The minimum absolute atomic E-state index is 0.0202. The smallest absolute Gasteiger partial charge is 0.269 e. The molecule has 3 aromatic rings. The highest BCUT2D eigenvalue weighted by Gasteiger charge is 2.12. The van der Waals surface area contributed by atoms with Gasteiger partial charge in [-0.15, -0.1) is 0 Å². The fourth-order valence-electron chi connectivity index (χ4n) is 2.99. The van der Waals surface area contributed by atoms with Gasteiger partial charge in [0.1, 0.15) is 11.5 Å². The molecular formula is C22H21N3O6. The number of amides is 1. The highest BCUT2D eigenvalue weighted by Crippen LogP contribution is 2.29. The first-order chi connectivity index (χ1) is 14.9. The number of non-ortho nitro benzene ring substituents is 1. The van der Waals surface area contributed by atoms with Crippen LogP contribution in [0.2, 0.25) is 0 Å². The van der Waals surface area contributed by atoms with E-state index in [1.54, 1.807) is 50.4 Å². The van der Waals surface area contributed by atoms with Gasteiger partial charge in [-0.1, -0.05) is 6.07 Å². The number of hydrogen-bond acceptors (Lipinski definition) is 7. The Kier molecular flexibility index (Phi) is 6.66. The van der Waals surface area contributed by atoms with Gasteiger partial charge >= 0.3 is 0 Å². The molecule has 0 saturated heterocycles. The number of rotatable bonds is 8. The largest absolute Gasteiger partial charge is 0.493 e. The van der Waals surface area contributed by atoms with Crippen molar-refractivity contribution in [3.05, 3.63) is 75.5 Å². The summed E-state index contributed by atoms with van der Waals surface area (Å²) in [6.07, 6.45) is 1.50. The van der Waals surface area contributed by atoms with Crippen LogP contribution in [0.4, 0.5) is 5.69 Å². The molecule has 0 aliphatic rings. The Morgan fingerprint density at radius 3 is 2.58 bits per heavy atom. The predicted molar refractivity (Wildman–Crippen MR) is 115 cm³/mol. The van der Waals surface area contributed by atoms with Gasteiger partial charge in [-0.05, 0) is 48.4 Å². The molecule has 2 aromatic carbocycles. The van der Waals surface area contributed by atoms with Crippen molar-refractivity contribution in [1.29, 1.82) is 0 Å². The fourth-order valence-corrected chi connectivity index (χ4v) is 2.99. The molecule has 0 radical (unpaired) electrons. The lowest BCUT2D eigenvalue weighted by atomic mass is 10.1. The minimum Gasteiger partial charge on any atom is -0.493 e. The van der Waals surface area contributed by atoms with E-state index in [1.807, 2.05) is 0 Å².